The van der Waals surface area contributed by atoms with Gasteiger partial charge in [0.15, 0.2) is 11.6 Å². The molecule has 0 bridgehead atoms. The Kier molecular flexibility index (Phi) is 5.00. The van der Waals surface area contributed by atoms with Crippen LogP contribution >= 0.6 is 0 Å². The molecule has 0 unspecified atom stereocenters. The van der Waals surface area contributed by atoms with Gasteiger partial charge in [-0.15, -0.1) is 0 Å². The molecule has 0 spiro atoms. The van der Waals surface area contributed by atoms with Gasteiger partial charge in [0, 0.05) is 0 Å². The summed E-state index contributed by atoms with van der Waals surface area (Å²) in [5.74, 6) is -1.16. The molecule has 1 aromatic carbocycles. The number of aromatic nitrogens is 3. The molecule has 10 nitrogen and oxygen atoms in total. The normalized spacial score (nSPS) is 11.2. The van der Waals surface area contributed by atoms with Crippen LogP contribution in [0.1, 0.15) is 13.8 Å². The predicted octanol–water partition coefficient (Wildman–Crippen LogP) is -0.119. The topological polar surface area (TPSA) is 135 Å². The Labute approximate surface area is 145 Å². The van der Waals surface area contributed by atoms with E-state index in [9.17, 15) is 23.6 Å². The first-order valence-corrected chi connectivity index (χ1v) is 7.37. The molecule has 0 aliphatic rings. The summed E-state index contributed by atoms with van der Waals surface area (Å²) in [6.07, 6.45) is -1.35. The van der Waals surface area contributed by atoms with Crippen molar-refractivity contribution in [3.05, 3.63) is 55.5 Å². The Morgan fingerprint density at radius 3 is 2.54 bits per heavy atom. The highest BCUT2D eigenvalue weighted by molar-refractivity contribution is 5.65. The van der Waals surface area contributed by atoms with Gasteiger partial charge in [-0.3, -0.25) is 4.98 Å². The van der Waals surface area contributed by atoms with Gasteiger partial charge in [-0.1, -0.05) is 6.07 Å². The van der Waals surface area contributed by atoms with Crippen molar-refractivity contribution in [1.82, 2.24) is 19.4 Å². The second kappa shape index (κ2) is 6.86. The molecule has 1 heterocycles. The van der Waals surface area contributed by atoms with Crippen molar-refractivity contribution < 1.29 is 19.0 Å². The molecule has 140 valence electrons. The number of nitrogens with one attached hydrogen (secondary N) is 2. The molecule has 0 fully saturated rings. The van der Waals surface area contributed by atoms with E-state index < -0.39 is 40.2 Å². The highest BCUT2D eigenvalue weighted by Crippen LogP contribution is 2.21. The largest absolute Gasteiger partial charge is 0.494 e. The lowest BCUT2D eigenvalue weighted by molar-refractivity contribution is 0.178. The van der Waals surface area contributed by atoms with E-state index in [4.69, 9.17) is 9.84 Å². The van der Waals surface area contributed by atoms with Crippen molar-refractivity contribution in [2.75, 3.05) is 7.11 Å². The number of amides is 1. The first-order valence-electron chi connectivity index (χ1n) is 7.37. The molecule has 3 N–H and O–H groups in total. The van der Waals surface area contributed by atoms with Crippen LogP contribution in [-0.4, -0.2) is 38.0 Å². The van der Waals surface area contributed by atoms with Gasteiger partial charge >= 0.3 is 23.2 Å². The van der Waals surface area contributed by atoms with Crippen LogP contribution in [0.3, 0.4) is 0 Å². The third-order valence-electron chi connectivity index (χ3n) is 3.49. The number of ether oxygens (including phenoxy) is 1. The summed E-state index contributed by atoms with van der Waals surface area (Å²) in [5.41, 5.74) is -4.91. The van der Waals surface area contributed by atoms with Crippen LogP contribution in [0.4, 0.5) is 9.18 Å². The van der Waals surface area contributed by atoms with Crippen LogP contribution in [-0.2, 0) is 6.54 Å². The van der Waals surface area contributed by atoms with Gasteiger partial charge in [-0.2, -0.15) is 0 Å². The molecule has 0 saturated carbocycles. The maximum absolute atomic E-state index is 14.4. The Morgan fingerprint density at radius 2 is 1.96 bits per heavy atom. The summed E-state index contributed by atoms with van der Waals surface area (Å²) in [5, 5.41) is 11.0. The van der Waals surface area contributed by atoms with Crippen LogP contribution in [0.25, 0.3) is 5.69 Å². The van der Waals surface area contributed by atoms with Gasteiger partial charge in [0.25, 0.3) is 0 Å². The smallest absolute Gasteiger partial charge is 0.405 e. The molecule has 2 rings (SSSR count). The molecule has 0 radical (unpaired) electrons. The maximum atomic E-state index is 14.4. The predicted molar refractivity (Wildman–Crippen MR) is 88.7 cm³/mol. The number of aromatic amines is 1. The number of nitrogens with zero attached hydrogens (tertiary/aromatic N) is 2. The number of methoxy groups -OCH3 is 1. The molecule has 1 aromatic heterocycles. The van der Waals surface area contributed by atoms with Gasteiger partial charge < -0.3 is 15.2 Å². The van der Waals surface area contributed by atoms with Crippen molar-refractivity contribution in [2.24, 2.45) is 0 Å². The molecular weight excluding hydrogens is 351 g/mol. The standard InChI is InChI=1S/C15H17FN4O6/c1-15(2,18-13(23)24)7-19-11(21)17-12(22)20(14(19)25)8-5-4-6-9(26-3)10(8)16/h4-6,18H,7H2,1-3H3,(H,23,24)(H,17,21,22). The van der Waals surface area contributed by atoms with Gasteiger partial charge in [0.2, 0.25) is 0 Å². The Balaban J connectivity index is 2.69. The van der Waals surface area contributed by atoms with E-state index >= 15 is 0 Å². The van der Waals surface area contributed by atoms with E-state index in [1.165, 1.54) is 39.2 Å². The highest BCUT2D eigenvalue weighted by Gasteiger charge is 2.25. The molecular formula is C15H17FN4O6. The van der Waals surface area contributed by atoms with Crippen molar-refractivity contribution in [3.63, 3.8) is 0 Å². The first-order chi connectivity index (χ1) is 12.1. The second-order valence-corrected chi connectivity index (χ2v) is 6.05. The molecule has 1 amide bonds. The third kappa shape index (κ3) is 3.66. The summed E-state index contributed by atoms with van der Waals surface area (Å²) >= 11 is 0. The Hall–Kier alpha value is -3.37. The van der Waals surface area contributed by atoms with Crippen LogP contribution in [0.5, 0.6) is 5.75 Å². The van der Waals surface area contributed by atoms with E-state index in [0.29, 0.717) is 9.13 Å². The molecule has 0 atom stereocenters. The second-order valence-electron chi connectivity index (χ2n) is 6.05. The number of hydrogen-bond acceptors (Lipinski definition) is 5. The number of rotatable bonds is 5. The summed E-state index contributed by atoms with van der Waals surface area (Å²) in [4.78, 5) is 49.5. The number of carbonyl (C=O) groups is 1. The van der Waals surface area contributed by atoms with Crippen molar-refractivity contribution in [1.29, 1.82) is 0 Å². The highest BCUT2D eigenvalue weighted by atomic mass is 19.1. The molecule has 0 aliphatic heterocycles. The number of H-pyrrole nitrogens is 1. The third-order valence-corrected chi connectivity index (χ3v) is 3.49. The van der Waals surface area contributed by atoms with Crippen molar-refractivity contribution >= 4 is 6.09 Å². The zero-order valence-corrected chi connectivity index (χ0v) is 14.2. The lowest BCUT2D eigenvalue weighted by atomic mass is 10.1. The summed E-state index contributed by atoms with van der Waals surface area (Å²) in [6.45, 7) is 2.49. The minimum Gasteiger partial charge on any atom is -0.494 e. The average molecular weight is 368 g/mol. The van der Waals surface area contributed by atoms with E-state index in [2.05, 4.69) is 5.32 Å². The number of halogens is 1. The van der Waals surface area contributed by atoms with Crippen LogP contribution in [0.2, 0.25) is 0 Å². The van der Waals surface area contributed by atoms with E-state index in [-0.39, 0.29) is 12.3 Å². The SMILES string of the molecule is COc1cccc(-n2c(=O)[nH]c(=O)n(CC(C)(C)NC(=O)O)c2=O)c1F. The van der Waals surface area contributed by atoms with E-state index in [0.717, 1.165) is 0 Å². The van der Waals surface area contributed by atoms with E-state index in [1.807, 2.05) is 4.98 Å². The Morgan fingerprint density at radius 1 is 1.31 bits per heavy atom. The van der Waals surface area contributed by atoms with Crippen molar-refractivity contribution in [2.45, 2.75) is 25.9 Å². The van der Waals surface area contributed by atoms with Crippen LogP contribution in [0.15, 0.2) is 32.6 Å². The Bertz CT molecular complexity index is 1020. The minimum absolute atomic E-state index is 0.195. The monoisotopic (exact) mass is 368 g/mol. The fourth-order valence-electron chi connectivity index (χ4n) is 2.42. The molecule has 11 heteroatoms. The minimum atomic E-state index is -1.35. The van der Waals surface area contributed by atoms with Crippen LogP contribution < -0.4 is 27.1 Å². The molecule has 2 aromatic rings. The van der Waals surface area contributed by atoms with E-state index in [1.54, 1.807) is 0 Å². The quantitative estimate of drug-likeness (QED) is 0.673. The zero-order chi connectivity index (χ0) is 19.6. The van der Waals surface area contributed by atoms with Gasteiger partial charge in [-0.25, -0.2) is 32.7 Å². The molecule has 26 heavy (non-hydrogen) atoms. The summed E-state index contributed by atoms with van der Waals surface area (Å²) in [6, 6.07) is 3.84. The zero-order valence-electron chi connectivity index (χ0n) is 14.2. The lowest BCUT2D eigenvalue weighted by Crippen LogP contribution is -2.55. The summed E-state index contributed by atoms with van der Waals surface area (Å²) < 4.78 is 20.3. The first kappa shape index (κ1) is 19.0. The van der Waals surface area contributed by atoms with Gasteiger partial charge in [-0.05, 0) is 26.0 Å². The fraction of sp³-hybridized carbons (Fsp3) is 0.333. The van der Waals surface area contributed by atoms with Gasteiger partial charge in [0.05, 0.1) is 24.9 Å². The van der Waals surface area contributed by atoms with Gasteiger partial charge in [0.1, 0.15) is 0 Å². The number of hydrogen-bond donors (Lipinski definition) is 3. The average Bonchev–Trinajstić information content (AvgIpc) is 2.51. The summed E-state index contributed by atoms with van der Waals surface area (Å²) in [7, 11) is 1.22. The number of carboxylic acid groups (broad SMARTS) is 1. The molecule has 0 saturated heterocycles. The number of benzene rings is 1. The fourth-order valence-corrected chi connectivity index (χ4v) is 2.42. The maximum Gasteiger partial charge on any atom is 0.405 e. The molecule has 0 aliphatic carbocycles. The van der Waals surface area contributed by atoms with Crippen LogP contribution in [0, 0.1) is 5.82 Å². The lowest BCUT2D eigenvalue weighted by Gasteiger charge is -2.25. The van der Waals surface area contributed by atoms with Crippen molar-refractivity contribution in [3.8, 4) is 11.4 Å².